The summed E-state index contributed by atoms with van der Waals surface area (Å²) in [4.78, 5) is 16.8. The van der Waals surface area contributed by atoms with Crippen LogP contribution < -0.4 is 5.32 Å². The molecule has 4 nitrogen and oxygen atoms in total. The molecule has 1 aromatic rings. The monoisotopic (exact) mass is 199 g/mol. The Hall–Kier alpha value is -1.10. The van der Waals surface area contributed by atoms with Crippen LogP contribution in [0.3, 0.4) is 0 Å². The van der Waals surface area contributed by atoms with E-state index in [-0.39, 0.29) is 6.03 Å². The lowest BCUT2D eigenvalue weighted by molar-refractivity contribution is 0.217. The van der Waals surface area contributed by atoms with E-state index in [0.29, 0.717) is 6.54 Å². The van der Waals surface area contributed by atoms with E-state index in [0.717, 1.165) is 10.7 Å². The second-order valence-corrected chi connectivity index (χ2v) is 3.97. The summed E-state index contributed by atoms with van der Waals surface area (Å²) < 4.78 is 0. The van der Waals surface area contributed by atoms with Gasteiger partial charge in [0.2, 0.25) is 0 Å². The first-order valence-electron chi connectivity index (χ1n) is 3.95. The summed E-state index contributed by atoms with van der Waals surface area (Å²) >= 11 is 1.59. The fourth-order valence-corrected chi connectivity index (χ4v) is 1.43. The molecule has 1 N–H and O–H groups in total. The summed E-state index contributed by atoms with van der Waals surface area (Å²) in [6, 6.07) is -0.0920. The van der Waals surface area contributed by atoms with E-state index in [2.05, 4.69) is 10.3 Å². The summed E-state index contributed by atoms with van der Waals surface area (Å²) in [5.41, 5.74) is 0.915. The van der Waals surface area contributed by atoms with Crippen molar-refractivity contribution >= 4 is 17.4 Å². The highest BCUT2D eigenvalue weighted by Gasteiger charge is 2.03. The highest BCUT2D eigenvalue weighted by atomic mass is 32.1. The number of nitrogens with zero attached hydrogens (tertiary/aromatic N) is 2. The molecule has 1 rings (SSSR count). The van der Waals surface area contributed by atoms with E-state index in [1.165, 1.54) is 4.90 Å². The Balaban J connectivity index is 2.39. The van der Waals surface area contributed by atoms with E-state index >= 15 is 0 Å². The summed E-state index contributed by atoms with van der Waals surface area (Å²) in [7, 11) is 3.42. The van der Waals surface area contributed by atoms with Gasteiger partial charge in [0.15, 0.2) is 0 Å². The van der Waals surface area contributed by atoms with Crippen LogP contribution in [-0.2, 0) is 6.54 Å². The number of hydrogen-bond donors (Lipinski definition) is 1. The molecular formula is C8H13N3OS. The second-order valence-electron chi connectivity index (χ2n) is 2.91. The molecule has 0 unspecified atom stereocenters. The number of hydrogen-bond acceptors (Lipinski definition) is 3. The summed E-state index contributed by atoms with van der Waals surface area (Å²) in [6.45, 7) is 2.45. The van der Waals surface area contributed by atoms with Crippen molar-refractivity contribution < 1.29 is 4.79 Å². The Morgan fingerprint density at radius 3 is 2.85 bits per heavy atom. The molecule has 0 aromatic carbocycles. The molecule has 0 atom stereocenters. The topological polar surface area (TPSA) is 45.2 Å². The molecule has 72 valence electrons. The van der Waals surface area contributed by atoms with Crippen LogP contribution in [0, 0.1) is 6.92 Å². The van der Waals surface area contributed by atoms with Crippen LogP contribution in [0.15, 0.2) is 5.38 Å². The van der Waals surface area contributed by atoms with E-state index in [4.69, 9.17) is 0 Å². The first kappa shape index (κ1) is 9.98. The zero-order valence-corrected chi connectivity index (χ0v) is 8.81. The number of amides is 2. The van der Waals surface area contributed by atoms with Crippen LogP contribution >= 0.6 is 11.3 Å². The third-order valence-electron chi connectivity index (χ3n) is 1.49. The zero-order chi connectivity index (χ0) is 9.84. The molecule has 0 saturated heterocycles. The zero-order valence-electron chi connectivity index (χ0n) is 8.00. The van der Waals surface area contributed by atoms with Crippen molar-refractivity contribution in [2.75, 3.05) is 14.1 Å². The summed E-state index contributed by atoms with van der Waals surface area (Å²) in [5, 5.41) is 5.71. The van der Waals surface area contributed by atoms with Gasteiger partial charge in [-0.25, -0.2) is 9.78 Å². The number of thiazole rings is 1. The Kier molecular flexibility index (Phi) is 3.25. The maximum absolute atomic E-state index is 11.1. The van der Waals surface area contributed by atoms with Crippen LogP contribution in [-0.4, -0.2) is 30.0 Å². The van der Waals surface area contributed by atoms with Crippen molar-refractivity contribution in [2.24, 2.45) is 0 Å². The van der Waals surface area contributed by atoms with Crippen LogP contribution in [0.5, 0.6) is 0 Å². The van der Waals surface area contributed by atoms with Gasteiger partial charge >= 0.3 is 6.03 Å². The molecular weight excluding hydrogens is 186 g/mol. The van der Waals surface area contributed by atoms with E-state index in [1.54, 1.807) is 25.4 Å². The smallest absolute Gasteiger partial charge is 0.317 e. The van der Waals surface area contributed by atoms with Gasteiger partial charge in [-0.2, -0.15) is 0 Å². The number of carbonyl (C=O) groups excluding carboxylic acids is 1. The van der Waals surface area contributed by atoms with E-state index < -0.39 is 0 Å². The first-order valence-corrected chi connectivity index (χ1v) is 4.83. The van der Waals surface area contributed by atoms with Crippen LogP contribution in [0.2, 0.25) is 0 Å². The predicted molar refractivity (Wildman–Crippen MR) is 52.8 cm³/mol. The lowest BCUT2D eigenvalue weighted by Crippen LogP contribution is -2.33. The molecule has 2 amide bonds. The number of aryl methyl sites for hydroxylation is 1. The standard InChI is InChI=1S/C8H13N3OS/c1-6-10-7(5-13-6)4-9-8(12)11(2)3/h5H,4H2,1-3H3,(H,9,12). The largest absolute Gasteiger partial charge is 0.332 e. The first-order chi connectivity index (χ1) is 6.09. The van der Waals surface area contributed by atoms with Crippen molar-refractivity contribution in [1.82, 2.24) is 15.2 Å². The van der Waals surface area contributed by atoms with Crippen LogP contribution in [0.25, 0.3) is 0 Å². The van der Waals surface area contributed by atoms with Gasteiger partial charge < -0.3 is 10.2 Å². The molecule has 1 aromatic heterocycles. The maximum Gasteiger partial charge on any atom is 0.317 e. The van der Waals surface area contributed by atoms with Crippen molar-refractivity contribution in [3.05, 3.63) is 16.1 Å². The van der Waals surface area contributed by atoms with Crippen LogP contribution in [0.4, 0.5) is 4.79 Å². The minimum Gasteiger partial charge on any atom is -0.332 e. The Morgan fingerprint density at radius 1 is 1.69 bits per heavy atom. The Bertz CT molecular complexity index is 295. The van der Waals surface area contributed by atoms with Crippen molar-refractivity contribution in [1.29, 1.82) is 0 Å². The van der Waals surface area contributed by atoms with E-state index in [9.17, 15) is 4.79 Å². The van der Waals surface area contributed by atoms with Gasteiger partial charge in [-0.15, -0.1) is 11.3 Å². The molecule has 0 spiro atoms. The van der Waals surface area contributed by atoms with Crippen molar-refractivity contribution in [2.45, 2.75) is 13.5 Å². The van der Waals surface area contributed by atoms with Crippen molar-refractivity contribution in [3.8, 4) is 0 Å². The minimum absolute atomic E-state index is 0.0920. The molecule has 0 bridgehead atoms. The van der Waals surface area contributed by atoms with Gasteiger partial charge in [-0.05, 0) is 6.92 Å². The molecule has 0 saturated carbocycles. The molecule has 1 heterocycles. The number of carbonyl (C=O) groups is 1. The highest BCUT2D eigenvalue weighted by molar-refractivity contribution is 7.09. The van der Waals surface area contributed by atoms with Gasteiger partial charge in [-0.3, -0.25) is 0 Å². The average molecular weight is 199 g/mol. The minimum atomic E-state index is -0.0920. The average Bonchev–Trinajstić information content (AvgIpc) is 2.47. The SMILES string of the molecule is Cc1nc(CNC(=O)N(C)C)cs1. The summed E-state index contributed by atoms with van der Waals surface area (Å²) in [6.07, 6.45) is 0. The fourth-order valence-electron chi connectivity index (χ4n) is 0.814. The number of rotatable bonds is 2. The highest BCUT2D eigenvalue weighted by Crippen LogP contribution is 2.07. The molecule has 5 heteroatoms. The third-order valence-corrected chi connectivity index (χ3v) is 2.32. The molecule has 0 aliphatic heterocycles. The lowest BCUT2D eigenvalue weighted by Gasteiger charge is -2.10. The third kappa shape index (κ3) is 3.02. The molecule has 0 radical (unpaired) electrons. The lowest BCUT2D eigenvalue weighted by atomic mass is 10.5. The number of aromatic nitrogens is 1. The Labute approximate surface area is 81.6 Å². The van der Waals surface area contributed by atoms with E-state index in [1.807, 2.05) is 12.3 Å². The van der Waals surface area contributed by atoms with Gasteiger partial charge in [0.1, 0.15) is 0 Å². The number of urea groups is 1. The Morgan fingerprint density at radius 2 is 2.38 bits per heavy atom. The maximum atomic E-state index is 11.1. The second kappa shape index (κ2) is 4.23. The molecule has 0 aliphatic carbocycles. The van der Waals surface area contributed by atoms with Crippen LogP contribution in [0.1, 0.15) is 10.7 Å². The quantitative estimate of drug-likeness (QED) is 0.778. The molecule has 0 fully saturated rings. The normalized spacial score (nSPS) is 9.77. The van der Waals surface area contributed by atoms with Gasteiger partial charge in [0.25, 0.3) is 0 Å². The number of nitrogens with one attached hydrogen (secondary N) is 1. The summed E-state index contributed by atoms with van der Waals surface area (Å²) in [5.74, 6) is 0. The molecule has 13 heavy (non-hydrogen) atoms. The van der Waals surface area contributed by atoms with Crippen molar-refractivity contribution in [3.63, 3.8) is 0 Å². The molecule has 0 aliphatic rings. The fraction of sp³-hybridized carbons (Fsp3) is 0.500. The van der Waals surface area contributed by atoms with Gasteiger partial charge in [0, 0.05) is 19.5 Å². The predicted octanol–water partition coefficient (Wildman–Crippen LogP) is 1.22. The van der Waals surface area contributed by atoms with Gasteiger partial charge in [0.05, 0.1) is 17.2 Å². The van der Waals surface area contributed by atoms with Gasteiger partial charge in [-0.1, -0.05) is 0 Å².